The summed E-state index contributed by atoms with van der Waals surface area (Å²) in [5.41, 5.74) is 2.11. The van der Waals surface area contributed by atoms with Gasteiger partial charge in [0.2, 0.25) is 5.88 Å². The predicted molar refractivity (Wildman–Crippen MR) is 108 cm³/mol. The number of benzene rings is 1. The number of hydrogen-bond acceptors (Lipinski definition) is 5. The molecule has 0 spiro atoms. The van der Waals surface area contributed by atoms with Gasteiger partial charge in [-0.1, -0.05) is 24.3 Å². The number of likely N-dealkylation sites (tertiary alicyclic amines) is 1. The van der Waals surface area contributed by atoms with Crippen molar-refractivity contribution in [2.75, 3.05) is 19.7 Å². The van der Waals surface area contributed by atoms with Crippen LogP contribution in [0.4, 0.5) is 0 Å². The molecule has 2 aromatic rings. The molecule has 0 radical (unpaired) electrons. The second-order valence-electron chi connectivity index (χ2n) is 7.26. The molecule has 150 valence electrons. The minimum absolute atomic E-state index is 0.0649. The second-order valence-corrected chi connectivity index (χ2v) is 7.26. The fraction of sp³-hybridized carbons (Fsp3) is 0.455. The lowest BCUT2D eigenvalue weighted by molar-refractivity contribution is -0.132. The Kier molecular flexibility index (Phi) is 7.25. The van der Waals surface area contributed by atoms with Gasteiger partial charge in [0.25, 0.3) is 5.91 Å². The topological polar surface area (TPSA) is 63.7 Å². The standard InChI is InChI=1S/C22H29N3O3/c1-17(2)28-21-10-9-18(14-24-21)13-23-15-19-7-3-4-8-20(19)27-16-22(26)25-11-5-6-12-25/h3-4,7-10,14,17,23H,5-6,11-13,15-16H2,1-2H3. The highest BCUT2D eigenvalue weighted by molar-refractivity contribution is 5.78. The van der Waals surface area contributed by atoms with Crippen LogP contribution in [0.2, 0.25) is 0 Å². The van der Waals surface area contributed by atoms with E-state index in [0.717, 1.165) is 42.8 Å². The summed E-state index contributed by atoms with van der Waals surface area (Å²) in [7, 11) is 0. The van der Waals surface area contributed by atoms with Crippen LogP contribution < -0.4 is 14.8 Å². The van der Waals surface area contributed by atoms with E-state index in [1.807, 2.05) is 61.3 Å². The van der Waals surface area contributed by atoms with Crippen LogP contribution in [0.3, 0.4) is 0 Å². The third kappa shape index (κ3) is 5.96. The average molecular weight is 383 g/mol. The first-order chi connectivity index (χ1) is 13.6. The normalized spacial score (nSPS) is 13.8. The van der Waals surface area contributed by atoms with Crippen molar-refractivity contribution in [2.24, 2.45) is 0 Å². The van der Waals surface area contributed by atoms with Gasteiger partial charge in [-0.2, -0.15) is 0 Å². The van der Waals surface area contributed by atoms with Crippen molar-refractivity contribution in [3.05, 3.63) is 53.7 Å². The Balaban J connectivity index is 1.48. The molecule has 2 heterocycles. The average Bonchev–Trinajstić information content (AvgIpc) is 3.23. The molecule has 1 aromatic heterocycles. The van der Waals surface area contributed by atoms with E-state index in [4.69, 9.17) is 9.47 Å². The molecule has 1 amide bonds. The molecule has 1 N–H and O–H groups in total. The number of aromatic nitrogens is 1. The summed E-state index contributed by atoms with van der Waals surface area (Å²) in [6.45, 7) is 7.10. The van der Waals surface area contributed by atoms with Crippen LogP contribution in [0.15, 0.2) is 42.6 Å². The molecule has 6 nitrogen and oxygen atoms in total. The van der Waals surface area contributed by atoms with Gasteiger partial charge in [0, 0.05) is 44.0 Å². The number of amides is 1. The molecule has 6 heteroatoms. The monoisotopic (exact) mass is 383 g/mol. The summed E-state index contributed by atoms with van der Waals surface area (Å²) in [5, 5.41) is 3.41. The van der Waals surface area contributed by atoms with Gasteiger partial charge >= 0.3 is 0 Å². The number of carbonyl (C=O) groups is 1. The molecule has 0 unspecified atom stereocenters. The Labute approximate surface area is 166 Å². The Morgan fingerprint density at radius 1 is 1.14 bits per heavy atom. The first-order valence-corrected chi connectivity index (χ1v) is 9.92. The van der Waals surface area contributed by atoms with E-state index >= 15 is 0 Å². The lowest BCUT2D eigenvalue weighted by atomic mass is 10.2. The highest BCUT2D eigenvalue weighted by Crippen LogP contribution is 2.19. The van der Waals surface area contributed by atoms with Crippen molar-refractivity contribution in [2.45, 2.75) is 45.9 Å². The van der Waals surface area contributed by atoms with Gasteiger partial charge < -0.3 is 19.7 Å². The third-order valence-electron chi connectivity index (χ3n) is 4.58. The van der Waals surface area contributed by atoms with E-state index in [9.17, 15) is 4.79 Å². The van der Waals surface area contributed by atoms with Gasteiger partial charge in [-0.25, -0.2) is 4.98 Å². The first kappa shape index (κ1) is 20.1. The zero-order chi connectivity index (χ0) is 19.8. The van der Waals surface area contributed by atoms with Gasteiger partial charge in [0.05, 0.1) is 6.10 Å². The molecule has 1 aromatic carbocycles. The minimum atomic E-state index is 0.0649. The zero-order valence-corrected chi connectivity index (χ0v) is 16.7. The van der Waals surface area contributed by atoms with Crippen LogP contribution in [-0.4, -0.2) is 41.6 Å². The molecular formula is C22H29N3O3. The maximum Gasteiger partial charge on any atom is 0.260 e. The number of nitrogens with zero attached hydrogens (tertiary/aromatic N) is 2. The fourth-order valence-corrected chi connectivity index (χ4v) is 3.16. The van der Waals surface area contributed by atoms with E-state index < -0.39 is 0 Å². The van der Waals surface area contributed by atoms with E-state index in [1.54, 1.807) is 0 Å². The maximum absolute atomic E-state index is 12.2. The molecule has 0 saturated carbocycles. The second kappa shape index (κ2) is 10.1. The molecule has 1 aliphatic heterocycles. The molecule has 0 aliphatic carbocycles. The van der Waals surface area contributed by atoms with Crippen LogP contribution >= 0.6 is 0 Å². The third-order valence-corrected chi connectivity index (χ3v) is 4.58. The molecule has 1 saturated heterocycles. The molecule has 28 heavy (non-hydrogen) atoms. The Bertz CT molecular complexity index is 756. The number of carbonyl (C=O) groups excluding carboxylic acids is 1. The van der Waals surface area contributed by atoms with Crippen molar-refractivity contribution in [3.8, 4) is 11.6 Å². The van der Waals surface area contributed by atoms with Gasteiger partial charge in [0.1, 0.15) is 5.75 Å². The smallest absolute Gasteiger partial charge is 0.260 e. The van der Waals surface area contributed by atoms with Gasteiger partial charge in [-0.3, -0.25) is 4.79 Å². The summed E-state index contributed by atoms with van der Waals surface area (Å²) >= 11 is 0. The van der Waals surface area contributed by atoms with Crippen molar-refractivity contribution in [1.29, 1.82) is 0 Å². The number of rotatable bonds is 9. The van der Waals surface area contributed by atoms with E-state index in [2.05, 4.69) is 10.3 Å². The highest BCUT2D eigenvalue weighted by atomic mass is 16.5. The molecular weight excluding hydrogens is 354 g/mol. The summed E-state index contributed by atoms with van der Waals surface area (Å²) in [5.74, 6) is 1.46. The van der Waals surface area contributed by atoms with Gasteiger partial charge in [-0.05, 0) is 38.3 Å². The Morgan fingerprint density at radius 2 is 1.93 bits per heavy atom. The van der Waals surface area contributed by atoms with Crippen molar-refractivity contribution in [1.82, 2.24) is 15.2 Å². The number of para-hydroxylation sites is 1. The van der Waals surface area contributed by atoms with Crippen LogP contribution in [0.25, 0.3) is 0 Å². The minimum Gasteiger partial charge on any atom is -0.483 e. The molecule has 0 bridgehead atoms. The number of ether oxygens (including phenoxy) is 2. The fourth-order valence-electron chi connectivity index (χ4n) is 3.16. The summed E-state index contributed by atoms with van der Waals surface area (Å²) in [6.07, 6.45) is 4.12. The first-order valence-electron chi connectivity index (χ1n) is 9.92. The number of hydrogen-bond donors (Lipinski definition) is 1. The highest BCUT2D eigenvalue weighted by Gasteiger charge is 2.18. The van der Waals surface area contributed by atoms with Crippen LogP contribution in [-0.2, 0) is 17.9 Å². The van der Waals surface area contributed by atoms with Crippen molar-refractivity contribution < 1.29 is 14.3 Å². The van der Waals surface area contributed by atoms with Crippen LogP contribution in [0, 0.1) is 0 Å². The van der Waals surface area contributed by atoms with Crippen LogP contribution in [0.5, 0.6) is 11.6 Å². The largest absolute Gasteiger partial charge is 0.483 e. The molecule has 1 aliphatic rings. The maximum atomic E-state index is 12.2. The molecule has 0 atom stereocenters. The van der Waals surface area contributed by atoms with E-state index in [0.29, 0.717) is 19.0 Å². The number of nitrogens with one attached hydrogen (secondary N) is 1. The van der Waals surface area contributed by atoms with Gasteiger partial charge in [0.15, 0.2) is 6.61 Å². The lowest BCUT2D eigenvalue weighted by Crippen LogP contribution is -2.32. The van der Waals surface area contributed by atoms with Crippen LogP contribution in [0.1, 0.15) is 37.8 Å². The SMILES string of the molecule is CC(C)Oc1ccc(CNCc2ccccc2OCC(=O)N2CCCC2)cn1. The molecule has 1 fully saturated rings. The Morgan fingerprint density at radius 3 is 2.64 bits per heavy atom. The number of pyridine rings is 1. The summed E-state index contributed by atoms with van der Waals surface area (Å²) in [4.78, 5) is 18.4. The van der Waals surface area contributed by atoms with E-state index in [-0.39, 0.29) is 18.6 Å². The van der Waals surface area contributed by atoms with Crippen molar-refractivity contribution in [3.63, 3.8) is 0 Å². The lowest BCUT2D eigenvalue weighted by Gasteiger charge is -2.17. The van der Waals surface area contributed by atoms with Crippen molar-refractivity contribution >= 4 is 5.91 Å². The predicted octanol–water partition coefficient (Wildman–Crippen LogP) is 3.16. The zero-order valence-electron chi connectivity index (χ0n) is 16.7. The quantitative estimate of drug-likeness (QED) is 0.721. The summed E-state index contributed by atoms with van der Waals surface area (Å²) < 4.78 is 11.4. The van der Waals surface area contributed by atoms with E-state index in [1.165, 1.54) is 0 Å². The summed E-state index contributed by atoms with van der Waals surface area (Å²) in [6, 6.07) is 11.7. The van der Waals surface area contributed by atoms with Gasteiger partial charge in [-0.15, -0.1) is 0 Å². The Hall–Kier alpha value is -2.60. The molecule has 3 rings (SSSR count).